The van der Waals surface area contributed by atoms with E-state index >= 15 is 0 Å². The van der Waals surface area contributed by atoms with Gasteiger partial charge >= 0.3 is 0 Å². The molecule has 0 radical (unpaired) electrons. The van der Waals surface area contributed by atoms with Crippen molar-refractivity contribution in [3.8, 4) is 0 Å². The SMILES string of the molecule is COCC(O)CCNCC(O)COCc1ccccc1F. The molecule has 0 saturated carbocycles. The molecule has 0 spiro atoms. The minimum Gasteiger partial charge on any atom is -0.391 e. The molecule has 2 atom stereocenters. The first kappa shape index (κ1) is 18.0. The Hall–Kier alpha value is -1.05. The third kappa shape index (κ3) is 8.08. The number of ether oxygens (including phenoxy) is 2. The van der Waals surface area contributed by atoms with Crippen LogP contribution < -0.4 is 5.32 Å². The second-order valence-electron chi connectivity index (χ2n) is 4.86. The van der Waals surface area contributed by atoms with Gasteiger partial charge in [-0.15, -0.1) is 0 Å². The fourth-order valence-electron chi connectivity index (χ4n) is 1.79. The molecule has 0 fully saturated rings. The summed E-state index contributed by atoms with van der Waals surface area (Å²) >= 11 is 0. The largest absolute Gasteiger partial charge is 0.391 e. The lowest BCUT2D eigenvalue weighted by Crippen LogP contribution is -2.32. The summed E-state index contributed by atoms with van der Waals surface area (Å²) in [5.74, 6) is -0.308. The van der Waals surface area contributed by atoms with Gasteiger partial charge in [0, 0.05) is 19.2 Å². The Bertz CT molecular complexity index is 392. The zero-order valence-corrected chi connectivity index (χ0v) is 12.3. The minimum atomic E-state index is -0.670. The van der Waals surface area contributed by atoms with Crippen LogP contribution in [0.4, 0.5) is 4.39 Å². The number of nitrogens with one attached hydrogen (secondary N) is 1. The van der Waals surface area contributed by atoms with E-state index in [1.165, 1.54) is 13.2 Å². The number of aliphatic hydroxyl groups is 2. The van der Waals surface area contributed by atoms with Crippen molar-refractivity contribution < 1.29 is 24.1 Å². The van der Waals surface area contributed by atoms with E-state index in [0.717, 1.165) is 0 Å². The maximum Gasteiger partial charge on any atom is 0.128 e. The maximum atomic E-state index is 13.3. The fraction of sp³-hybridized carbons (Fsp3) is 0.600. The van der Waals surface area contributed by atoms with Crippen molar-refractivity contribution in [1.29, 1.82) is 0 Å². The van der Waals surface area contributed by atoms with Crippen LogP contribution in [0.15, 0.2) is 24.3 Å². The summed E-state index contributed by atoms with van der Waals surface area (Å²) in [5, 5.41) is 22.1. The Kier molecular flexibility index (Phi) is 9.12. The van der Waals surface area contributed by atoms with Gasteiger partial charge in [-0.2, -0.15) is 0 Å². The Labute approximate surface area is 124 Å². The number of methoxy groups -OCH3 is 1. The maximum absolute atomic E-state index is 13.3. The van der Waals surface area contributed by atoms with E-state index in [2.05, 4.69) is 5.32 Å². The first-order valence-corrected chi connectivity index (χ1v) is 7.00. The highest BCUT2D eigenvalue weighted by Crippen LogP contribution is 2.07. The van der Waals surface area contributed by atoms with Gasteiger partial charge < -0.3 is 25.0 Å². The van der Waals surface area contributed by atoms with Gasteiger partial charge in [0.2, 0.25) is 0 Å². The molecule has 0 bridgehead atoms. The van der Waals surface area contributed by atoms with Crippen molar-refractivity contribution in [3.05, 3.63) is 35.6 Å². The first-order chi connectivity index (χ1) is 10.1. The lowest BCUT2D eigenvalue weighted by molar-refractivity contribution is 0.0264. The van der Waals surface area contributed by atoms with E-state index in [1.54, 1.807) is 18.2 Å². The molecule has 0 heterocycles. The molecule has 0 amide bonds. The van der Waals surface area contributed by atoms with E-state index < -0.39 is 12.2 Å². The average Bonchev–Trinajstić information content (AvgIpc) is 2.46. The predicted octanol–water partition coefficient (Wildman–Crippen LogP) is 0.690. The Morgan fingerprint density at radius 1 is 1.19 bits per heavy atom. The molecule has 0 saturated heterocycles. The minimum absolute atomic E-state index is 0.127. The number of hydrogen-bond acceptors (Lipinski definition) is 5. The van der Waals surface area contributed by atoms with Gasteiger partial charge in [0.05, 0.1) is 32.0 Å². The van der Waals surface area contributed by atoms with Crippen molar-refractivity contribution in [2.75, 3.05) is 33.4 Å². The highest BCUT2D eigenvalue weighted by molar-refractivity contribution is 5.16. The highest BCUT2D eigenvalue weighted by Gasteiger charge is 2.07. The molecule has 21 heavy (non-hydrogen) atoms. The van der Waals surface area contributed by atoms with Gasteiger partial charge in [-0.3, -0.25) is 0 Å². The van der Waals surface area contributed by atoms with Crippen LogP contribution in [-0.2, 0) is 16.1 Å². The summed E-state index contributed by atoms with van der Waals surface area (Å²) in [5.41, 5.74) is 0.473. The topological polar surface area (TPSA) is 71.0 Å². The normalized spacial score (nSPS) is 14.1. The summed E-state index contributed by atoms with van der Waals surface area (Å²) in [6, 6.07) is 6.39. The van der Waals surface area contributed by atoms with E-state index in [0.29, 0.717) is 31.7 Å². The van der Waals surface area contributed by atoms with Crippen LogP contribution in [0.1, 0.15) is 12.0 Å². The van der Waals surface area contributed by atoms with Gasteiger partial charge in [0.25, 0.3) is 0 Å². The molecular weight excluding hydrogens is 277 g/mol. The van der Waals surface area contributed by atoms with Crippen molar-refractivity contribution in [2.24, 2.45) is 0 Å². The monoisotopic (exact) mass is 301 g/mol. The molecule has 0 aliphatic rings. The summed E-state index contributed by atoms with van der Waals surface area (Å²) in [6.45, 7) is 1.50. The molecule has 6 heteroatoms. The van der Waals surface area contributed by atoms with Crippen molar-refractivity contribution in [2.45, 2.75) is 25.2 Å². The molecule has 5 nitrogen and oxygen atoms in total. The van der Waals surface area contributed by atoms with Crippen LogP contribution in [0.3, 0.4) is 0 Å². The molecular formula is C15H24FNO4. The van der Waals surface area contributed by atoms with Crippen molar-refractivity contribution in [1.82, 2.24) is 5.32 Å². The average molecular weight is 301 g/mol. The zero-order valence-electron chi connectivity index (χ0n) is 12.3. The number of hydrogen-bond donors (Lipinski definition) is 3. The number of aliphatic hydroxyl groups excluding tert-OH is 2. The quantitative estimate of drug-likeness (QED) is 0.525. The van der Waals surface area contributed by atoms with E-state index in [-0.39, 0.29) is 19.0 Å². The molecule has 1 rings (SSSR count). The van der Waals surface area contributed by atoms with Crippen molar-refractivity contribution >= 4 is 0 Å². The summed E-state index contributed by atoms with van der Waals surface area (Å²) in [6.07, 6.45) is -0.621. The summed E-state index contributed by atoms with van der Waals surface area (Å²) < 4.78 is 23.4. The van der Waals surface area contributed by atoms with E-state index in [1.807, 2.05) is 0 Å². The van der Waals surface area contributed by atoms with E-state index in [9.17, 15) is 14.6 Å². The van der Waals surface area contributed by atoms with Gasteiger partial charge in [-0.05, 0) is 19.0 Å². The van der Waals surface area contributed by atoms with Crippen LogP contribution in [-0.4, -0.2) is 55.8 Å². The standard InChI is InChI=1S/C15H24FNO4/c1-20-10-13(18)6-7-17-8-14(19)11-21-9-12-4-2-3-5-15(12)16/h2-5,13-14,17-19H,6-11H2,1H3. The lowest BCUT2D eigenvalue weighted by Gasteiger charge is -2.14. The molecule has 0 aliphatic heterocycles. The van der Waals surface area contributed by atoms with Gasteiger partial charge in [0.1, 0.15) is 5.82 Å². The molecule has 2 unspecified atom stereocenters. The zero-order chi connectivity index (χ0) is 15.5. The number of benzene rings is 1. The Morgan fingerprint density at radius 3 is 2.67 bits per heavy atom. The van der Waals surface area contributed by atoms with Crippen LogP contribution in [0.25, 0.3) is 0 Å². The Morgan fingerprint density at radius 2 is 1.95 bits per heavy atom. The molecule has 0 aromatic heterocycles. The molecule has 120 valence electrons. The van der Waals surface area contributed by atoms with Crippen molar-refractivity contribution in [3.63, 3.8) is 0 Å². The molecule has 3 N–H and O–H groups in total. The van der Waals surface area contributed by atoms with Gasteiger partial charge in [-0.25, -0.2) is 4.39 Å². The second kappa shape index (κ2) is 10.6. The third-order valence-electron chi connectivity index (χ3n) is 2.92. The van der Waals surface area contributed by atoms with Crippen LogP contribution >= 0.6 is 0 Å². The molecule has 0 aliphatic carbocycles. The number of rotatable bonds is 11. The lowest BCUT2D eigenvalue weighted by atomic mass is 10.2. The predicted molar refractivity (Wildman–Crippen MR) is 77.4 cm³/mol. The first-order valence-electron chi connectivity index (χ1n) is 7.00. The molecule has 1 aromatic carbocycles. The van der Waals surface area contributed by atoms with Crippen LogP contribution in [0.2, 0.25) is 0 Å². The fourth-order valence-corrected chi connectivity index (χ4v) is 1.79. The van der Waals surface area contributed by atoms with E-state index in [4.69, 9.17) is 9.47 Å². The second-order valence-corrected chi connectivity index (χ2v) is 4.86. The van der Waals surface area contributed by atoms with Crippen LogP contribution in [0, 0.1) is 5.82 Å². The Balaban J connectivity index is 2.06. The summed E-state index contributed by atoms with van der Waals surface area (Å²) in [4.78, 5) is 0. The molecule has 1 aromatic rings. The highest BCUT2D eigenvalue weighted by atomic mass is 19.1. The third-order valence-corrected chi connectivity index (χ3v) is 2.92. The smallest absolute Gasteiger partial charge is 0.128 e. The number of halogens is 1. The van der Waals surface area contributed by atoms with Crippen LogP contribution in [0.5, 0.6) is 0 Å². The van der Waals surface area contributed by atoms with Gasteiger partial charge in [-0.1, -0.05) is 18.2 Å². The van der Waals surface area contributed by atoms with Gasteiger partial charge in [0.15, 0.2) is 0 Å². The summed E-state index contributed by atoms with van der Waals surface area (Å²) in [7, 11) is 1.54.